The highest BCUT2D eigenvalue weighted by atomic mass is 35.5. The van der Waals surface area contributed by atoms with Crippen LogP contribution in [-0.4, -0.2) is 13.1 Å². The van der Waals surface area contributed by atoms with Crippen molar-refractivity contribution in [1.82, 2.24) is 0 Å². The van der Waals surface area contributed by atoms with Crippen molar-refractivity contribution in [2.24, 2.45) is 5.73 Å². The molecule has 0 aliphatic carbocycles. The van der Waals surface area contributed by atoms with Crippen molar-refractivity contribution in [3.05, 3.63) is 34.1 Å². The summed E-state index contributed by atoms with van der Waals surface area (Å²) in [5.41, 5.74) is 6.84. The Kier molecular flexibility index (Phi) is 4.90. The van der Waals surface area contributed by atoms with Crippen LogP contribution < -0.4 is 5.73 Å². The quantitative estimate of drug-likeness (QED) is 0.846. The Balaban J connectivity index is 2.78. The number of aryl methyl sites for hydroxylation is 1. The van der Waals surface area contributed by atoms with Crippen molar-refractivity contribution in [1.29, 1.82) is 0 Å². The van der Waals surface area contributed by atoms with E-state index in [0.29, 0.717) is 22.6 Å². The van der Waals surface area contributed by atoms with E-state index in [4.69, 9.17) is 17.3 Å². The predicted octanol–water partition coefficient (Wildman–Crippen LogP) is 2.74. The first-order chi connectivity index (χ1) is 7.95. The van der Waals surface area contributed by atoms with Gasteiger partial charge < -0.3 is 10.5 Å². The normalized spacial score (nSPS) is 12.3. The summed E-state index contributed by atoms with van der Waals surface area (Å²) in [4.78, 5) is 11.0. The maximum Gasteiger partial charge on any atom is 0.305 e. The molecule has 0 aromatic heterocycles. The average Bonchev–Trinajstić information content (AvgIpc) is 2.30. The van der Waals surface area contributed by atoms with Gasteiger partial charge in [-0.25, -0.2) is 4.39 Å². The smallest absolute Gasteiger partial charge is 0.305 e. The minimum Gasteiger partial charge on any atom is -0.469 e. The van der Waals surface area contributed by atoms with E-state index in [0.717, 1.165) is 0 Å². The monoisotopic (exact) mass is 259 g/mol. The van der Waals surface area contributed by atoms with Gasteiger partial charge in [0.2, 0.25) is 0 Å². The van der Waals surface area contributed by atoms with Crippen molar-refractivity contribution < 1.29 is 13.9 Å². The molecular weight excluding hydrogens is 245 g/mol. The van der Waals surface area contributed by atoms with Gasteiger partial charge >= 0.3 is 5.97 Å². The summed E-state index contributed by atoms with van der Waals surface area (Å²) >= 11 is 5.98. The van der Waals surface area contributed by atoms with E-state index in [1.54, 1.807) is 6.92 Å². The molecule has 0 aliphatic heterocycles. The fourth-order valence-electron chi connectivity index (χ4n) is 1.48. The number of rotatable bonds is 4. The molecule has 0 amide bonds. The second-order valence-electron chi connectivity index (χ2n) is 3.84. The van der Waals surface area contributed by atoms with Crippen LogP contribution in [0.4, 0.5) is 4.39 Å². The molecule has 1 rings (SSSR count). The van der Waals surface area contributed by atoms with Crippen molar-refractivity contribution >= 4 is 17.6 Å². The summed E-state index contributed by atoms with van der Waals surface area (Å²) in [5.74, 6) is -0.693. The SMILES string of the molecule is COC(=O)CCC(N)c1cc(F)c(C)cc1Cl. The Morgan fingerprint density at radius 3 is 2.82 bits per heavy atom. The molecule has 0 aliphatic rings. The maximum atomic E-state index is 13.4. The molecule has 5 heteroatoms. The molecular formula is C12H15ClFNO2. The van der Waals surface area contributed by atoms with Gasteiger partial charge in [-0.2, -0.15) is 0 Å². The number of carbonyl (C=O) groups excluding carboxylic acids is 1. The number of methoxy groups -OCH3 is 1. The molecule has 0 spiro atoms. The Labute approximate surface area is 105 Å². The van der Waals surface area contributed by atoms with Crippen molar-refractivity contribution in [2.75, 3.05) is 7.11 Å². The van der Waals surface area contributed by atoms with E-state index in [2.05, 4.69) is 4.74 Å². The summed E-state index contributed by atoms with van der Waals surface area (Å²) in [6.45, 7) is 1.63. The zero-order chi connectivity index (χ0) is 13.0. The van der Waals surface area contributed by atoms with E-state index in [9.17, 15) is 9.18 Å². The van der Waals surface area contributed by atoms with Crippen molar-refractivity contribution in [2.45, 2.75) is 25.8 Å². The Morgan fingerprint density at radius 2 is 2.24 bits per heavy atom. The predicted molar refractivity (Wildman–Crippen MR) is 64.3 cm³/mol. The second-order valence-corrected chi connectivity index (χ2v) is 4.25. The lowest BCUT2D eigenvalue weighted by molar-refractivity contribution is -0.140. The number of hydrogen-bond donors (Lipinski definition) is 1. The van der Waals surface area contributed by atoms with Gasteiger partial charge in [0.25, 0.3) is 0 Å². The number of nitrogens with two attached hydrogens (primary N) is 1. The molecule has 0 heterocycles. The summed E-state index contributed by atoms with van der Waals surface area (Å²) < 4.78 is 17.9. The van der Waals surface area contributed by atoms with Gasteiger partial charge in [-0.15, -0.1) is 0 Å². The largest absolute Gasteiger partial charge is 0.469 e. The van der Waals surface area contributed by atoms with Crippen LogP contribution in [0.15, 0.2) is 12.1 Å². The first-order valence-electron chi connectivity index (χ1n) is 5.23. The van der Waals surface area contributed by atoms with Crippen LogP contribution in [0, 0.1) is 12.7 Å². The van der Waals surface area contributed by atoms with Gasteiger partial charge in [0.05, 0.1) is 7.11 Å². The van der Waals surface area contributed by atoms with Crippen LogP contribution in [0.1, 0.15) is 30.0 Å². The second kappa shape index (κ2) is 5.98. The molecule has 1 aromatic rings. The third-order valence-corrected chi connectivity index (χ3v) is 2.89. The van der Waals surface area contributed by atoms with Gasteiger partial charge in [0.1, 0.15) is 5.82 Å². The molecule has 0 bridgehead atoms. The van der Waals surface area contributed by atoms with E-state index in [1.807, 2.05) is 0 Å². The van der Waals surface area contributed by atoms with E-state index in [-0.39, 0.29) is 18.2 Å². The van der Waals surface area contributed by atoms with Crippen LogP contribution in [-0.2, 0) is 9.53 Å². The lowest BCUT2D eigenvalue weighted by atomic mass is 10.0. The molecule has 1 atom stereocenters. The van der Waals surface area contributed by atoms with Crippen molar-refractivity contribution in [3.63, 3.8) is 0 Å². The number of esters is 1. The van der Waals surface area contributed by atoms with Gasteiger partial charge in [-0.05, 0) is 36.6 Å². The van der Waals surface area contributed by atoms with E-state index >= 15 is 0 Å². The van der Waals surface area contributed by atoms with Crippen LogP contribution >= 0.6 is 11.6 Å². The Hall–Kier alpha value is -1.13. The molecule has 3 nitrogen and oxygen atoms in total. The highest BCUT2D eigenvalue weighted by Crippen LogP contribution is 2.27. The average molecular weight is 260 g/mol. The lowest BCUT2D eigenvalue weighted by Gasteiger charge is -2.14. The molecule has 1 unspecified atom stereocenters. The topological polar surface area (TPSA) is 52.3 Å². The minimum absolute atomic E-state index is 0.184. The number of benzene rings is 1. The molecule has 0 fully saturated rings. The fourth-order valence-corrected chi connectivity index (χ4v) is 1.84. The Bertz CT molecular complexity index is 423. The standard InChI is InChI=1S/C12H15ClFNO2/c1-7-5-9(13)8(6-10(7)14)11(15)3-4-12(16)17-2/h5-6,11H,3-4,15H2,1-2H3. The highest BCUT2D eigenvalue weighted by Gasteiger charge is 2.14. The molecule has 1 aromatic carbocycles. The zero-order valence-corrected chi connectivity index (χ0v) is 10.6. The summed E-state index contributed by atoms with van der Waals surface area (Å²) in [5, 5.41) is 0.418. The van der Waals surface area contributed by atoms with Crippen LogP contribution in [0.25, 0.3) is 0 Å². The van der Waals surface area contributed by atoms with Crippen LogP contribution in [0.2, 0.25) is 5.02 Å². The minimum atomic E-state index is -0.475. The van der Waals surface area contributed by atoms with Gasteiger partial charge in [-0.1, -0.05) is 11.6 Å². The molecule has 94 valence electrons. The van der Waals surface area contributed by atoms with Gasteiger partial charge in [0.15, 0.2) is 0 Å². The lowest BCUT2D eigenvalue weighted by Crippen LogP contribution is -2.14. The zero-order valence-electron chi connectivity index (χ0n) is 9.80. The third kappa shape index (κ3) is 3.68. The summed E-state index contributed by atoms with van der Waals surface area (Å²) in [6.07, 6.45) is 0.554. The van der Waals surface area contributed by atoms with Crippen LogP contribution in [0.3, 0.4) is 0 Å². The van der Waals surface area contributed by atoms with E-state index in [1.165, 1.54) is 19.2 Å². The maximum absolute atomic E-state index is 13.4. The Morgan fingerprint density at radius 1 is 1.59 bits per heavy atom. The fraction of sp³-hybridized carbons (Fsp3) is 0.417. The summed E-state index contributed by atoms with van der Waals surface area (Å²) in [6, 6.07) is 2.38. The summed E-state index contributed by atoms with van der Waals surface area (Å²) in [7, 11) is 1.31. The number of ether oxygens (including phenoxy) is 1. The van der Waals surface area contributed by atoms with Crippen LogP contribution in [0.5, 0.6) is 0 Å². The van der Waals surface area contributed by atoms with E-state index < -0.39 is 6.04 Å². The highest BCUT2D eigenvalue weighted by molar-refractivity contribution is 6.31. The van der Waals surface area contributed by atoms with Gasteiger partial charge in [0, 0.05) is 17.5 Å². The molecule has 0 saturated carbocycles. The third-order valence-electron chi connectivity index (χ3n) is 2.56. The molecule has 2 N–H and O–H groups in total. The van der Waals surface area contributed by atoms with Gasteiger partial charge in [-0.3, -0.25) is 4.79 Å². The number of halogens is 2. The molecule has 17 heavy (non-hydrogen) atoms. The first kappa shape index (κ1) is 13.9. The number of hydrogen-bond acceptors (Lipinski definition) is 3. The van der Waals surface area contributed by atoms with Crippen molar-refractivity contribution in [3.8, 4) is 0 Å². The number of carbonyl (C=O) groups is 1. The molecule has 0 saturated heterocycles. The first-order valence-corrected chi connectivity index (χ1v) is 5.61. The molecule has 0 radical (unpaired) electrons.